The highest BCUT2D eigenvalue weighted by Gasteiger charge is 2.30. The van der Waals surface area contributed by atoms with Crippen LogP contribution in [0.2, 0.25) is 0 Å². The molecule has 1 saturated heterocycles. The Balaban J connectivity index is 1.65. The van der Waals surface area contributed by atoms with Crippen molar-refractivity contribution >= 4 is 15.9 Å². The van der Waals surface area contributed by atoms with Gasteiger partial charge in [-0.2, -0.15) is 13.1 Å². The van der Waals surface area contributed by atoms with E-state index < -0.39 is 16.6 Å². The molecule has 0 saturated carbocycles. The van der Waals surface area contributed by atoms with Crippen molar-refractivity contribution in [3.05, 3.63) is 59.2 Å². The third kappa shape index (κ3) is 4.73. The minimum Gasteiger partial charge on any atom is -0.435 e. The molecule has 3 rings (SSSR count). The second-order valence-electron chi connectivity index (χ2n) is 6.85. The number of amides is 1. The molecule has 29 heavy (non-hydrogen) atoms. The lowest BCUT2D eigenvalue weighted by molar-refractivity contribution is -0.0498. The molecule has 1 aliphatic rings. The van der Waals surface area contributed by atoms with E-state index in [2.05, 4.69) is 4.74 Å². The molecule has 0 bridgehead atoms. The first-order chi connectivity index (χ1) is 13.7. The van der Waals surface area contributed by atoms with Crippen LogP contribution >= 0.6 is 0 Å². The van der Waals surface area contributed by atoms with E-state index in [-0.39, 0.29) is 42.7 Å². The molecule has 0 aromatic heterocycles. The summed E-state index contributed by atoms with van der Waals surface area (Å²) in [5, 5.41) is 0. The Morgan fingerprint density at radius 1 is 0.966 bits per heavy atom. The SMILES string of the molecule is Cc1ccc(S(=O)(=O)N2CCN(C(=O)c3ccc(OC(F)F)cc3)CC2)cc1C. The summed E-state index contributed by atoms with van der Waals surface area (Å²) in [6.45, 7) is 1.73. The van der Waals surface area contributed by atoms with Gasteiger partial charge in [0.2, 0.25) is 10.0 Å². The van der Waals surface area contributed by atoms with E-state index in [0.29, 0.717) is 5.56 Å². The predicted molar refractivity (Wildman–Crippen MR) is 104 cm³/mol. The first-order valence-electron chi connectivity index (χ1n) is 9.10. The summed E-state index contributed by atoms with van der Waals surface area (Å²) in [4.78, 5) is 14.4. The van der Waals surface area contributed by atoms with Crippen molar-refractivity contribution in [1.82, 2.24) is 9.21 Å². The number of hydrogen-bond acceptors (Lipinski definition) is 4. The van der Waals surface area contributed by atoms with Gasteiger partial charge in [0.25, 0.3) is 5.91 Å². The van der Waals surface area contributed by atoms with Gasteiger partial charge in [-0.1, -0.05) is 6.07 Å². The van der Waals surface area contributed by atoms with Crippen LogP contribution in [-0.4, -0.2) is 56.3 Å². The van der Waals surface area contributed by atoms with Gasteiger partial charge in [0.15, 0.2) is 0 Å². The number of nitrogens with zero attached hydrogens (tertiary/aromatic N) is 2. The van der Waals surface area contributed by atoms with Crippen LogP contribution in [0.15, 0.2) is 47.4 Å². The average Bonchev–Trinajstić information content (AvgIpc) is 2.69. The van der Waals surface area contributed by atoms with Crippen LogP contribution in [0.1, 0.15) is 21.5 Å². The first kappa shape index (κ1) is 21.2. The zero-order valence-electron chi connectivity index (χ0n) is 16.1. The van der Waals surface area contributed by atoms with Crippen LogP contribution in [0, 0.1) is 13.8 Å². The van der Waals surface area contributed by atoms with E-state index in [9.17, 15) is 22.0 Å². The van der Waals surface area contributed by atoms with Crippen molar-refractivity contribution in [3.63, 3.8) is 0 Å². The van der Waals surface area contributed by atoms with E-state index in [1.807, 2.05) is 13.8 Å². The summed E-state index contributed by atoms with van der Waals surface area (Å²) in [6, 6.07) is 10.5. The van der Waals surface area contributed by atoms with Crippen molar-refractivity contribution in [1.29, 1.82) is 0 Å². The standard InChI is InChI=1S/C20H22F2N2O4S/c1-14-3-8-18(13-15(14)2)29(26,27)24-11-9-23(10-12-24)19(25)16-4-6-17(7-5-16)28-20(21)22/h3-8,13,20H,9-12H2,1-2H3. The van der Waals surface area contributed by atoms with E-state index >= 15 is 0 Å². The van der Waals surface area contributed by atoms with Gasteiger partial charge in [0.05, 0.1) is 4.90 Å². The molecule has 2 aromatic rings. The number of sulfonamides is 1. The molecule has 0 spiro atoms. The molecule has 1 heterocycles. The fourth-order valence-corrected chi connectivity index (χ4v) is 4.62. The van der Waals surface area contributed by atoms with Crippen LogP contribution in [0.5, 0.6) is 5.75 Å². The molecular weight excluding hydrogens is 402 g/mol. The third-order valence-corrected chi connectivity index (χ3v) is 6.86. The summed E-state index contributed by atoms with van der Waals surface area (Å²) in [5.74, 6) is -0.308. The minimum absolute atomic E-state index is 0.0270. The van der Waals surface area contributed by atoms with Gasteiger partial charge in [0, 0.05) is 31.7 Å². The molecule has 0 unspecified atom stereocenters. The zero-order chi connectivity index (χ0) is 21.2. The Morgan fingerprint density at radius 3 is 2.14 bits per heavy atom. The lowest BCUT2D eigenvalue weighted by Gasteiger charge is -2.34. The summed E-state index contributed by atoms with van der Waals surface area (Å²) in [7, 11) is -3.62. The average molecular weight is 424 g/mol. The number of piperazine rings is 1. The van der Waals surface area contributed by atoms with Crippen molar-refractivity contribution in [2.75, 3.05) is 26.2 Å². The van der Waals surface area contributed by atoms with Crippen LogP contribution in [0.3, 0.4) is 0 Å². The number of rotatable bonds is 5. The highest BCUT2D eigenvalue weighted by molar-refractivity contribution is 7.89. The first-order valence-corrected chi connectivity index (χ1v) is 10.5. The minimum atomic E-state index is -3.62. The van der Waals surface area contributed by atoms with Gasteiger partial charge >= 0.3 is 6.61 Å². The van der Waals surface area contributed by atoms with Crippen molar-refractivity contribution < 1.29 is 26.7 Å². The number of alkyl halides is 2. The number of aryl methyl sites for hydroxylation is 2. The summed E-state index contributed by atoms with van der Waals surface area (Å²) < 4.78 is 55.8. The molecule has 1 amide bonds. The van der Waals surface area contributed by atoms with E-state index in [1.54, 1.807) is 23.1 Å². The fraction of sp³-hybridized carbons (Fsp3) is 0.350. The van der Waals surface area contributed by atoms with E-state index in [0.717, 1.165) is 11.1 Å². The Morgan fingerprint density at radius 2 is 1.59 bits per heavy atom. The van der Waals surface area contributed by atoms with Crippen LogP contribution in [0.4, 0.5) is 8.78 Å². The Kier molecular flexibility index (Phi) is 6.18. The number of carbonyl (C=O) groups is 1. The van der Waals surface area contributed by atoms with Crippen molar-refractivity contribution in [3.8, 4) is 5.75 Å². The molecule has 6 nitrogen and oxygen atoms in total. The number of hydrogen-bond donors (Lipinski definition) is 0. The van der Waals surface area contributed by atoms with Gasteiger partial charge < -0.3 is 9.64 Å². The van der Waals surface area contributed by atoms with Gasteiger partial charge in [0.1, 0.15) is 5.75 Å². The van der Waals surface area contributed by atoms with Crippen LogP contribution < -0.4 is 4.74 Å². The number of benzene rings is 2. The zero-order valence-corrected chi connectivity index (χ0v) is 17.0. The molecule has 0 atom stereocenters. The summed E-state index contributed by atoms with van der Waals surface area (Å²) >= 11 is 0. The second-order valence-corrected chi connectivity index (χ2v) is 8.78. The van der Waals surface area contributed by atoms with Crippen LogP contribution in [0.25, 0.3) is 0 Å². The maximum Gasteiger partial charge on any atom is 0.387 e. The largest absolute Gasteiger partial charge is 0.435 e. The monoisotopic (exact) mass is 424 g/mol. The van der Waals surface area contributed by atoms with E-state index in [4.69, 9.17) is 0 Å². The number of halogens is 2. The lowest BCUT2D eigenvalue weighted by atomic mass is 10.1. The molecule has 1 fully saturated rings. The Hall–Kier alpha value is -2.52. The molecule has 0 aliphatic carbocycles. The van der Waals surface area contributed by atoms with Gasteiger partial charge in [-0.3, -0.25) is 4.79 Å². The Bertz CT molecular complexity index is 986. The van der Waals surface area contributed by atoms with Gasteiger partial charge in [-0.05, 0) is 61.4 Å². The van der Waals surface area contributed by atoms with Crippen molar-refractivity contribution in [2.24, 2.45) is 0 Å². The smallest absolute Gasteiger partial charge is 0.387 e. The molecule has 0 radical (unpaired) electrons. The summed E-state index contributed by atoms with van der Waals surface area (Å²) in [5.41, 5.74) is 2.25. The van der Waals surface area contributed by atoms with Gasteiger partial charge in [-0.15, -0.1) is 0 Å². The molecule has 9 heteroatoms. The number of ether oxygens (including phenoxy) is 1. The second kappa shape index (κ2) is 8.46. The third-order valence-electron chi connectivity index (χ3n) is 4.97. The van der Waals surface area contributed by atoms with Crippen LogP contribution in [-0.2, 0) is 10.0 Å². The fourth-order valence-electron chi connectivity index (χ4n) is 3.12. The van der Waals surface area contributed by atoms with E-state index in [1.165, 1.54) is 28.6 Å². The molecule has 2 aromatic carbocycles. The molecule has 156 valence electrons. The quantitative estimate of drug-likeness (QED) is 0.740. The maximum atomic E-state index is 12.9. The highest BCUT2D eigenvalue weighted by Crippen LogP contribution is 2.22. The van der Waals surface area contributed by atoms with Crippen molar-refractivity contribution in [2.45, 2.75) is 25.4 Å². The molecular formula is C20H22F2N2O4S. The normalized spacial score (nSPS) is 15.6. The Labute approximate surface area is 168 Å². The molecule has 1 aliphatic heterocycles. The number of carbonyl (C=O) groups excluding carboxylic acids is 1. The highest BCUT2D eigenvalue weighted by atomic mass is 32.2. The lowest BCUT2D eigenvalue weighted by Crippen LogP contribution is -2.50. The molecule has 0 N–H and O–H groups in total. The maximum absolute atomic E-state index is 12.9. The van der Waals surface area contributed by atoms with Gasteiger partial charge in [-0.25, -0.2) is 8.42 Å². The topological polar surface area (TPSA) is 66.9 Å². The predicted octanol–water partition coefficient (Wildman–Crippen LogP) is 3.05. The summed E-state index contributed by atoms with van der Waals surface area (Å²) in [6.07, 6.45) is 0.